The second-order valence-electron chi connectivity index (χ2n) is 6.83. The van der Waals surface area contributed by atoms with Crippen molar-refractivity contribution in [3.63, 3.8) is 0 Å². The third-order valence-electron chi connectivity index (χ3n) is 4.03. The molecule has 118 valence electrons. The summed E-state index contributed by atoms with van der Waals surface area (Å²) in [6, 6.07) is 8.05. The lowest BCUT2D eigenvalue weighted by Gasteiger charge is -2.19. The van der Waals surface area contributed by atoms with E-state index in [4.69, 9.17) is 0 Å². The first-order valence-corrected chi connectivity index (χ1v) is 7.58. The van der Waals surface area contributed by atoms with Crippen molar-refractivity contribution in [2.75, 3.05) is 5.32 Å². The Morgan fingerprint density at radius 2 is 1.77 bits per heavy atom. The van der Waals surface area contributed by atoms with E-state index in [2.05, 4.69) is 43.3 Å². The minimum Gasteiger partial charge on any atom is -0.326 e. The Labute approximate surface area is 132 Å². The van der Waals surface area contributed by atoms with Crippen LogP contribution in [-0.4, -0.2) is 15.7 Å². The van der Waals surface area contributed by atoms with Gasteiger partial charge >= 0.3 is 0 Å². The van der Waals surface area contributed by atoms with Gasteiger partial charge in [0.1, 0.15) is 0 Å². The molecule has 0 spiro atoms. The predicted molar refractivity (Wildman–Crippen MR) is 90.2 cm³/mol. The van der Waals surface area contributed by atoms with Crippen LogP contribution in [0.2, 0.25) is 0 Å². The molecule has 0 aliphatic rings. The van der Waals surface area contributed by atoms with Crippen molar-refractivity contribution in [1.29, 1.82) is 0 Å². The normalized spacial score (nSPS) is 11.5. The zero-order valence-corrected chi connectivity index (χ0v) is 14.3. The van der Waals surface area contributed by atoms with Crippen LogP contribution in [0.1, 0.15) is 43.3 Å². The van der Waals surface area contributed by atoms with Gasteiger partial charge in [0.25, 0.3) is 0 Å². The van der Waals surface area contributed by atoms with Gasteiger partial charge < -0.3 is 5.32 Å². The average molecular weight is 299 g/mol. The van der Waals surface area contributed by atoms with Gasteiger partial charge in [-0.2, -0.15) is 5.10 Å². The van der Waals surface area contributed by atoms with Gasteiger partial charge in [-0.15, -0.1) is 0 Å². The Hall–Kier alpha value is -2.10. The van der Waals surface area contributed by atoms with Gasteiger partial charge in [0, 0.05) is 24.0 Å². The van der Waals surface area contributed by atoms with Crippen LogP contribution < -0.4 is 5.32 Å². The van der Waals surface area contributed by atoms with Crippen molar-refractivity contribution >= 4 is 11.6 Å². The molecule has 4 nitrogen and oxygen atoms in total. The molecule has 0 saturated heterocycles. The summed E-state index contributed by atoms with van der Waals surface area (Å²) in [5.41, 5.74) is 5.16. The largest absolute Gasteiger partial charge is 0.326 e. The minimum absolute atomic E-state index is 0.0114. The summed E-state index contributed by atoms with van der Waals surface area (Å²) >= 11 is 0. The summed E-state index contributed by atoms with van der Waals surface area (Å²) in [6.45, 7) is 10.5. The van der Waals surface area contributed by atoms with Crippen molar-refractivity contribution in [3.8, 4) is 0 Å². The first kappa shape index (κ1) is 16.3. The van der Waals surface area contributed by atoms with Gasteiger partial charge in [0.15, 0.2) is 0 Å². The number of anilines is 1. The van der Waals surface area contributed by atoms with Crippen LogP contribution in [-0.2, 0) is 23.7 Å². The lowest BCUT2D eigenvalue weighted by atomic mass is 9.87. The fourth-order valence-corrected chi connectivity index (χ4v) is 2.49. The highest BCUT2D eigenvalue weighted by molar-refractivity contribution is 5.92. The SMILES string of the molecule is Cc1nn(C)c(C)c1CC(=O)Nc1ccc(C(C)(C)C)cc1. The highest BCUT2D eigenvalue weighted by atomic mass is 16.1. The van der Waals surface area contributed by atoms with Gasteiger partial charge in [-0.25, -0.2) is 0 Å². The number of rotatable bonds is 3. The molecule has 0 aliphatic carbocycles. The fraction of sp³-hybridized carbons (Fsp3) is 0.444. The van der Waals surface area contributed by atoms with E-state index in [0.29, 0.717) is 6.42 Å². The van der Waals surface area contributed by atoms with E-state index in [-0.39, 0.29) is 11.3 Å². The molecule has 1 N–H and O–H groups in total. The molecule has 2 aromatic rings. The van der Waals surface area contributed by atoms with Crippen LogP contribution in [0.5, 0.6) is 0 Å². The third kappa shape index (κ3) is 3.56. The van der Waals surface area contributed by atoms with Crippen molar-refractivity contribution in [1.82, 2.24) is 9.78 Å². The highest BCUT2D eigenvalue weighted by Gasteiger charge is 2.15. The molecule has 0 bridgehead atoms. The molecule has 0 saturated carbocycles. The Morgan fingerprint density at radius 3 is 2.23 bits per heavy atom. The summed E-state index contributed by atoms with van der Waals surface area (Å²) in [6.07, 6.45) is 0.354. The smallest absolute Gasteiger partial charge is 0.228 e. The summed E-state index contributed by atoms with van der Waals surface area (Å²) in [4.78, 5) is 12.2. The zero-order chi connectivity index (χ0) is 16.5. The molecule has 1 aromatic carbocycles. The molecule has 1 amide bonds. The summed E-state index contributed by atoms with van der Waals surface area (Å²) in [5, 5.41) is 7.30. The maximum Gasteiger partial charge on any atom is 0.228 e. The van der Waals surface area contributed by atoms with Gasteiger partial charge in [0.05, 0.1) is 12.1 Å². The summed E-state index contributed by atoms with van der Waals surface area (Å²) in [7, 11) is 1.90. The van der Waals surface area contributed by atoms with Gasteiger partial charge in [-0.05, 0) is 37.0 Å². The van der Waals surface area contributed by atoms with Gasteiger partial charge in [0.2, 0.25) is 5.91 Å². The van der Waals surface area contributed by atoms with Crippen molar-refractivity contribution in [3.05, 3.63) is 46.8 Å². The molecule has 0 radical (unpaired) electrons. The number of aryl methyl sites for hydroxylation is 2. The van der Waals surface area contributed by atoms with Crippen molar-refractivity contribution in [2.24, 2.45) is 7.05 Å². The molecule has 0 aliphatic heterocycles. The van der Waals surface area contributed by atoms with E-state index in [9.17, 15) is 4.79 Å². The predicted octanol–water partition coefficient (Wildman–Crippen LogP) is 3.52. The van der Waals surface area contributed by atoms with E-state index in [0.717, 1.165) is 22.6 Å². The van der Waals surface area contributed by atoms with Crippen LogP contribution in [0.3, 0.4) is 0 Å². The van der Waals surface area contributed by atoms with Gasteiger partial charge in [-0.1, -0.05) is 32.9 Å². The van der Waals surface area contributed by atoms with Gasteiger partial charge in [-0.3, -0.25) is 9.48 Å². The lowest BCUT2D eigenvalue weighted by Crippen LogP contribution is -2.16. The number of nitrogens with zero attached hydrogens (tertiary/aromatic N) is 2. The Kier molecular flexibility index (Phi) is 4.40. The standard InChI is InChI=1S/C18H25N3O/c1-12-16(13(2)21(6)20-12)11-17(22)19-15-9-7-14(8-10-15)18(3,4)5/h7-10H,11H2,1-6H3,(H,19,22). The molecule has 0 atom stereocenters. The quantitative estimate of drug-likeness (QED) is 0.942. The second-order valence-corrected chi connectivity index (χ2v) is 6.83. The van der Waals surface area contributed by atoms with E-state index in [1.165, 1.54) is 5.56 Å². The molecule has 0 unspecified atom stereocenters. The molecule has 4 heteroatoms. The highest BCUT2D eigenvalue weighted by Crippen LogP contribution is 2.23. The fourth-order valence-electron chi connectivity index (χ4n) is 2.49. The van der Waals surface area contributed by atoms with E-state index >= 15 is 0 Å². The Morgan fingerprint density at radius 1 is 1.18 bits per heavy atom. The van der Waals surface area contributed by atoms with Crippen LogP contribution in [0.25, 0.3) is 0 Å². The molecule has 1 heterocycles. The minimum atomic E-state index is -0.0114. The number of carbonyl (C=O) groups is 1. The summed E-state index contributed by atoms with van der Waals surface area (Å²) < 4.78 is 1.82. The first-order chi connectivity index (χ1) is 10.2. The number of hydrogen-bond donors (Lipinski definition) is 1. The Balaban J connectivity index is 2.06. The number of nitrogens with one attached hydrogen (secondary N) is 1. The monoisotopic (exact) mass is 299 g/mol. The Bertz CT molecular complexity index is 676. The second kappa shape index (κ2) is 5.95. The number of aromatic nitrogens is 2. The molecule has 0 fully saturated rings. The van der Waals surface area contributed by atoms with E-state index < -0.39 is 0 Å². The number of benzene rings is 1. The number of hydrogen-bond acceptors (Lipinski definition) is 2. The molecule has 2 rings (SSSR count). The zero-order valence-electron chi connectivity index (χ0n) is 14.3. The summed E-state index contributed by atoms with van der Waals surface area (Å²) in [5.74, 6) is -0.0114. The topological polar surface area (TPSA) is 46.9 Å². The van der Waals surface area contributed by atoms with E-state index in [1.807, 2.05) is 37.7 Å². The lowest BCUT2D eigenvalue weighted by molar-refractivity contribution is -0.115. The van der Waals surface area contributed by atoms with Crippen LogP contribution in [0, 0.1) is 13.8 Å². The number of carbonyl (C=O) groups excluding carboxylic acids is 1. The third-order valence-corrected chi connectivity index (χ3v) is 4.03. The molecule has 1 aromatic heterocycles. The maximum absolute atomic E-state index is 12.2. The molecular formula is C18H25N3O. The number of amides is 1. The first-order valence-electron chi connectivity index (χ1n) is 7.58. The van der Waals surface area contributed by atoms with Crippen LogP contribution >= 0.6 is 0 Å². The van der Waals surface area contributed by atoms with Crippen molar-refractivity contribution in [2.45, 2.75) is 46.5 Å². The van der Waals surface area contributed by atoms with Crippen molar-refractivity contribution < 1.29 is 4.79 Å². The molecule has 22 heavy (non-hydrogen) atoms. The maximum atomic E-state index is 12.2. The van der Waals surface area contributed by atoms with E-state index in [1.54, 1.807) is 0 Å². The molecular weight excluding hydrogens is 274 g/mol. The van der Waals surface area contributed by atoms with Crippen LogP contribution in [0.15, 0.2) is 24.3 Å². The van der Waals surface area contributed by atoms with Crippen LogP contribution in [0.4, 0.5) is 5.69 Å². The average Bonchev–Trinajstić information content (AvgIpc) is 2.65.